The van der Waals surface area contributed by atoms with Crippen LogP contribution in [0.1, 0.15) is 54.4 Å². The molecule has 1 aliphatic heterocycles. The molecule has 0 unspecified atom stereocenters. The van der Waals surface area contributed by atoms with E-state index in [1.165, 1.54) is 0 Å². The maximum atomic E-state index is 12.3. The minimum absolute atomic E-state index is 0.0125. The molecule has 1 fully saturated rings. The summed E-state index contributed by atoms with van der Waals surface area (Å²) in [5, 5.41) is 3.10. The highest BCUT2D eigenvalue weighted by molar-refractivity contribution is 5.89. The molecule has 0 spiro atoms. The predicted molar refractivity (Wildman–Crippen MR) is 76.7 cm³/mol. The van der Waals surface area contributed by atoms with Crippen molar-refractivity contribution < 1.29 is 9.59 Å². The van der Waals surface area contributed by atoms with Gasteiger partial charge in [-0.15, -0.1) is 0 Å². The molecule has 1 rings (SSSR count). The summed E-state index contributed by atoms with van der Waals surface area (Å²) in [6.45, 7) is 13.8. The summed E-state index contributed by atoms with van der Waals surface area (Å²) in [6, 6.07) is 0. The van der Waals surface area contributed by atoms with Gasteiger partial charge in [-0.2, -0.15) is 0 Å². The third-order valence-electron chi connectivity index (χ3n) is 3.40. The van der Waals surface area contributed by atoms with E-state index in [4.69, 9.17) is 0 Å². The molecule has 0 aromatic heterocycles. The maximum Gasteiger partial charge on any atom is 0.225 e. The maximum absolute atomic E-state index is 12.3. The van der Waals surface area contributed by atoms with Gasteiger partial charge in [0.2, 0.25) is 11.8 Å². The summed E-state index contributed by atoms with van der Waals surface area (Å²) in [5.41, 5.74) is -0.0737. The Morgan fingerprint density at radius 2 is 1.89 bits per heavy atom. The fourth-order valence-electron chi connectivity index (χ4n) is 3.06. The van der Waals surface area contributed by atoms with Crippen LogP contribution in [0, 0.1) is 11.3 Å². The van der Waals surface area contributed by atoms with E-state index in [1.807, 2.05) is 20.8 Å². The van der Waals surface area contributed by atoms with Crippen LogP contribution in [-0.2, 0) is 9.59 Å². The Kier molecular flexibility index (Phi) is 4.64. The number of hydrogen-bond donors (Lipinski definition) is 1. The molecule has 19 heavy (non-hydrogen) atoms. The van der Waals surface area contributed by atoms with Crippen molar-refractivity contribution >= 4 is 11.8 Å². The SMILES string of the molecule is CCN1C[C@@H](C(=O)NC(C)(C)CC(C)(C)C)CC1=O. The highest BCUT2D eigenvalue weighted by Crippen LogP contribution is 2.27. The fourth-order valence-corrected chi connectivity index (χ4v) is 3.06. The van der Waals surface area contributed by atoms with Gasteiger partial charge in [0.1, 0.15) is 0 Å². The third-order valence-corrected chi connectivity index (χ3v) is 3.40. The van der Waals surface area contributed by atoms with E-state index in [0.717, 1.165) is 6.42 Å². The smallest absolute Gasteiger partial charge is 0.225 e. The Hall–Kier alpha value is -1.06. The summed E-state index contributed by atoms with van der Waals surface area (Å²) in [5.74, 6) is -0.0819. The van der Waals surface area contributed by atoms with Crippen molar-refractivity contribution in [1.29, 1.82) is 0 Å². The average molecular weight is 268 g/mol. The van der Waals surface area contributed by atoms with Crippen LogP contribution in [0.25, 0.3) is 0 Å². The van der Waals surface area contributed by atoms with Gasteiger partial charge < -0.3 is 10.2 Å². The molecule has 0 aliphatic carbocycles. The van der Waals surface area contributed by atoms with Gasteiger partial charge in [-0.1, -0.05) is 20.8 Å². The Balaban J connectivity index is 2.58. The molecule has 0 aromatic rings. The first-order valence-corrected chi connectivity index (χ1v) is 7.14. The molecule has 0 bridgehead atoms. The first-order chi connectivity index (χ1) is 8.54. The zero-order valence-electron chi connectivity index (χ0n) is 13.2. The number of amides is 2. The Morgan fingerprint density at radius 1 is 1.32 bits per heavy atom. The number of hydrogen-bond acceptors (Lipinski definition) is 2. The summed E-state index contributed by atoms with van der Waals surface area (Å²) < 4.78 is 0. The molecular formula is C15H28N2O2. The quantitative estimate of drug-likeness (QED) is 0.849. The zero-order chi connectivity index (χ0) is 14.8. The summed E-state index contributed by atoms with van der Waals surface area (Å²) in [7, 11) is 0. The molecule has 4 nitrogen and oxygen atoms in total. The van der Waals surface area contributed by atoms with Crippen LogP contribution in [0.3, 0.4) is 0 Å². The fraction of sp³-hybridized carbons (Fsp3) is 0.867. The molecule has 4 heteroatoms. The number of nitrogens with zero attached hydrogens (tertiary/aromatic N) is 1. The molecular weight excluding hydrogens is 240 g/mol. The van der Waals surface area contributed by atoms with Crippen LogP contribution in [-0.4, -0.2) is 35.3 Å². The molecule has 1 saturated heterocycles. The monoisotopic (exact) mass is 268 g/mol. The Bertz CT molecular complexity index is 356. The number of carbonyl (C=O) groups excluding carboxylic acids is 2. The third kappa shape index (κ3) is 4.84. The van der Waals surface area contributed by atoms with Crippen LogP contribution in [0.15, 0.2) is 0 Å². The normalized spacial score (nSPS) is 20.8. The Morgan fingerprint density at radius 3 is 2.32 bits per heavy atom. The first kappa shape index (κ1) is 16.0. The zero-order valence-corrected chi connectivity index (χ0v) is 13.2. The number of nitrogens with one attached hydrogen (secondary N) is 1. The number of rotatable bonds is 4. The lowest BCUT2D eigenvalue weighted by Gasteiger charge is -2.34. The van der Waals surface area contributed by atoms with Crippen molar-refractivity contribution in [2.24, 2.45) is 11.3 Å². The molecule has 0 saturated carbocycles. The highest BCUT2D eigenvalue weighted by Gasteiger charge is 2.36. The number of likely N-dealkylation sites (tertiary alicyclic amines) is 1. The van der Waals surface area contributed by atoms with Crippen molar-refractivity contribution in [1.82, 2.24) is 10.2 Å². The average Bonchev–Trinajstić information content (AvgIpc) is 2.54. The van der Waals surface area contributed by atoms with E-state index < -0.39 is 0 Å². The van der Waals surface area contributed by atoms with E-state index in [0.29, 0.717) is 19.5 Å². The van der Waals surface area contributed by atoms with Crippen LogP contribution in [0.2, 0.25) is 0 Å². The lowest BCUT2D eigenvalue weighted by molar-refractivity contribution is -0.129. The van der Waals surface area contributed by atoms with Crippen LogP contribution in [0.4, 0.5) is 0 Å². The second-order valence-electron chi connectivity index (χ2n) is 7.44. The molecule has 0 aromatic carbocycles. The minimum atomic E-state index is -0.238. The largest absolute Gasteiger partial charge is 0.351 e. The van der Waals surface area contributed by atoms with Crippen molar-refractivity contribution in [3.8, 4) is 0 Å². The van der Waals surface area contributed by atoms with E-state index in [2.05, 4.69) is 26.1 Å². The Labute approximate surface area is 116 Å². The van der Waals surface area contributed by atoms with Gasteiger partial charge in [0.15, 0.2) is 0 Å². The first-order valence-electron chi connectivity index (χ1n) is 7.14. The van der Waals surface area contributed by atoms with Gasteiger partial charge in [0.25, 0.3) is 0 Å². The van der Waals surface area contributed by atoms with E-state index in [9.17, 15) is 9.59 Å². The minimum Gasteiger partial charge on any atom is -0.351 e. The topological polar surface area (TPSA) is 49.4 Å². The van der Waals surface area contributed by atoms with Crippen molar-refractivity contribution in [2.45, 2.75) is 59.9 Å². The molecule has 2 amide bonds. The standard InChI is InChI=1S/C15H28N2O2/c1-7-17-9-11(8-12(17)18)13(19)16-15(5,6)10-14(2,3)4/h11H,7-10H2,1-6H3,(H,16,19)/t11-/m0/s1. The second kappa shape index (κ2) is 5.51. The van der Waals surface area contributed by atoms with Crippen LogP contribution in [0.5, 0.6) is 0 Å². The van der Waals surface area contributed by atoms with Crippen LogP contribution < -0.4 is 5.32 Å². The van der Waals surface area contributed by atoms with E-state index >= 15 is 0 Å². The van der Waals surface area contributed by atoms with Crippen molar-refractivity contribution in [2.75, 3.05) is 13.1 Å². The van der Waals surface area contributed by atoms with Gasteiger partial charge in [0.05, 0.1) is 5.92 Å². The van der Waals surface area contributed by atoms with Gasteiger partial charge in [0, 0.05) is 25.0 Å². The molecule has 0 radical (unpaired) electrons. The van der Waals surface area contributed by atoms with Crippen LogP contribution >= 0.6 is 0 Å². The molecule has 1 atom stereocenters. The lowest BCUT2D eigenvalue weighted by atomic mass is 9.81. The molecule has 1 heterocycles. The second-order valence-corrected chi connectivity index (χ2v) is 7.44. The molecule has 1 aliphatic rings. The van der Waals surface area contributed by atoms with Gasteiger partial charge in [-0.3, -0.25) is 9.59 Å². The van der Waals surface area contributed by atoms with Crippen molar-refractivity contribution in [3.05, 3.63) is 0 Å². The van der Waals surface area contributed by atoms with Gasteiger partial charge in [-0.05, 0) is 32.6 Å². The van der Waals surface area contributed by atoms with Crippen molar-refractivity contribution in [3.63, 3.8) is 0 Å². The lowest BCUT2D eigenvalue weighted by Crippen LogP contribution is -2.48. The van der Waals surface area contributed by atoms with Gasteiger partial charge in [-0.25, -0.2) is 0 Å². The molecule has 110 valence electrons. The predicted octanol–water partition coefficient (Wildman–Crippen LogP) is 2.19. The summed E-state index contributed by atoms with van der Waals surface area (Å²) in [4.78, 5) is 25.7. The summed E-state index contributed by atoms with van der Waals surface area (Å²) >= 11 is 0. The summed E-state index contributed by atoms with van der Waals surface area (Å²) in [6.07, 6.45) is 1.26. The van der Waals surface area contributed by atoms with E-state index in [1.54, 1.807) is 4.90 Å². The highest BCUT2D eigenvalue weighted by atomic mass is 16.2. The van der Waals surface area contributed by atoms with E-state index in [-0.39, 0.29) is 28.7 Å². The number of carbonyl (C=O) groups is 2. The van der Waals surface area contributed by atoms with Gasteiger partial charge >= 0.3 is 0 Å². The molecule has 1 N–H and O–H groups in total.